The number of nitrogens with zero attached hydrogens (tertiary/aromatic N) is 1. The van der Waals surface area contributed by atoms with Gasteiger partial charge in [-0.05, 0) is 12.8 Å². The van der Waals surface area contributed by atoms with Crippen LogP contribution >= 0.6 is 0 Å². The summed E-state index contributed by atoms with van der Waals surface area (Å²) in [6, 6.07) is 0. The van der Waals surface area contributed by atoms with Crippen LogP contribution in [-0.2, 0) is 4.79 Å². The van der Waals surface area contributed by atoms with Gasteiger partial charge in [-0.25, -0.2) is 0 Å². The quantitative estimate of drug-likeness (QED) is 0.253. The van der Waals surface area contributed by atoms with Gasteiger partial charge in [-0.15, -0.1) is 0 Å². The average molecular weight is 186 g/mol. The van der Waals surface area contributed by atoms with Gasteiger partial charge in [0.1, 0.15) is 0 Å². The molecule has 4 N–H and O–H groups in total. The molecule has 0 atom stereocenters. The van der Waals surface area contributed by atoms with Crippen LogP contribution in [0.1, 0.15) is 38.5 Å². The second-order valence-corrected chi connectivity index (χ2v) is 2.96. The number of amidine groups is 1. The molecule has 0 aromatic rings. The maximum Gasteiger partial charge on any atom is 0.399 e. The Morgan fingerprint density at radius 2 is 1.54 bits per heavy atom. The van der Waals surface area contributed by atoms with Crippen LogP contribution in [0.5, 0.6) is 0 Å². The summed E-state index contributed by atoms with van der Waals surface area (Å²) in [6.45, 7) is 0. The Kier molecular flexibility index (Phi) is 6.55. The second kappa shape index (κ2) is 7.31. The summed E-state index contributed by atoms with van der Waals surface area (Å²) in [5.41, 5.74) is 10.2. The molecule has 0 aliphatic carbocycles. The first-order valence-corrected chi connectivity index (χ1v) is 4.39. The van der Waals surface area contributed by atoms with Gasteiger partial charge in [-0.3, -0.25) is 10.5 Å². The number of carbonyl (C=O) groups excluding carboxylic acids is 1. The predicted molar refractivity (Wildman–Crippen MR) is 51.6 cm³/mol. The molecule has 0 aromatic carbocycles. The summed E-state index contributed by atoms with van der Waals surface area (Å²) in [5.74, 6) is -0.115. The number of primary amides is 1. The highest BCUT2D eigenvalue weighted by molar-refractivity contribution is 5.78. The topological polar surface area (TPSA) is 100 Å². The number of nitroso groups, excluding NO2 is 1. The molecule has 0 aromatic heterocycles. The first kappa shape index (κ1) is 11.6. The Hall–Kier alpha value is -1.35. The highest BCUT2D eigenvalue weighted by Gasteiger charge is 2.02. The largest absolute Gasteiger partial charge is 0.399 e. The zero-order chi connectivity index (χ0) is 10.1. The van der Waals surface area contributed by atoms with E-state index in [-0.39, 0.29) is 11.7 Å². The molecule has 5 heteroatoms. The lowest BCUT2D eigenvalue weighted by Crippen LogP contribution is -2.13. The third-order valence-electron chi connectivity index (χ3n) is 1.72. The number of amides is 1. The lowest BCUT2D eigenvalue weighted by Gasteiger charge is -1.95. The van der Waals surface area contributed by atoms with E-state index in [1.807, 2.05) is 0 Å². The first-order valence-electron chi connectivity index (χ1n) is 4.39. The smallest absolute Gasteiger partial charge is 0.370 e. The van der Waals surface area contributed by atoms with Crippen molar-refractivity contribution in [2.45, 2.75) is 38.5 Å². The summed E-state index contributed by atoms with van der Waals surface area (Å²) in [4.78, 5) is 22.8. The molecule has 13 heavy (non-hydrogen) atoms. The molecule has 0 fully saturated rings. The van der Waals surface area contributed by atoms with Crippen molar-refractivity contribution in [1.82, 2.24) is 4.85 Å². The van der Waals surface area contributed by atoms with Gasteiger partial charge in [0, 0.05) is 11.3 Å². The fourth-order valence-electron chi connectivity index (χ4n) is 1.00. The minimum absolute atomic E-state index is 0.148. The van der Waals surface area contributed by atoms with Crippen LogP contribution in [0.15, 0.2) is 0 Å². The molecule has 0 unspecified atom stereocenters. The van der Waals surface area contributed by atoms with Crippen LogP contribution in [0.4, 0.5) is 0 Å². The van der Waals surface area contributed by atoms with E-state index in [4.69, 9.17) is 11.5 Å². The molecular formula is C8H16N3O2+. The van der Waals surface area contributed by atoms with Gasteiger partial charge < -0.3 is 5.73 Å². The molecular weight excluding hydrogens is 170 g/mol. The zero-order valence-electron chi connectivity index (χ0n) is 7.66. The summed E-state index contributed by atoms with van der Waals surface area (Å²) in [7, 11) is 0. The molecule has 5 nitrogen and oxygen atoms in total. The maximum absolute atomic E-state index is 10.3. The third kappa shape index (κ3) is 8.56. The molecule has 0 bridgehead atoms. The van der Waals surface area contributed by atoms with Gasteiger partial charge in [0.2, 0.25) is 5.91 Å². The second-order valence-electron chi connectivity index (χ2n) is 2.96. The normalized spacial score (nSPS) is 9.23. The SMILES string of the molecule is NC(=O)CCCCCCC(N)=[N+]=O. The van der Waals surface area contributed by atoms with E-state index in [0.717, 1.165) is 25.7 Å². The van der Waals surface area contributed by atoms with E-state index in [2.05, 4.69) is 4.85 Å². The van der Waals surface area contributed by atoms with Gasteiger partial charge in [-0.1, -0.05) is 12.8 Å². The number of rotatable bonds is 7. The molecule has 0 saturated carbocycles. The number of unbranched alkanes of at least 4 members (excludes halogenated alkanes) is 3. The average Bonchev–Trinajstić information content (AvgIpc) is 2.10. The number of nitrogens with two attached hydrogens (primary N) is 2. The van der Waals surface area contributed by atoms with E-state index in [9.17, 15) is 9.70 Å². The summed E-state index contributed by atoms with van der Waals surface area (Å²) < 4.78 is 0. The maximum atomic E-state index is 10.3. The molecule has 1 amide bonds. The fraction of sp³-hybridized carbons (Fsp3) is 0.750. The summed E-state index contributed by atoms with van der Waals surface area (Å²) >= 11 is 0. The van der Waals surface area contributed by atoms with E-state index < -0.39 is 0 Å². The van der Waals surface area contributed by atoms with Crippen molar-refractivity contribution < 1.29 is 4.79 Å². The fourth-order valence-corrected chi connectivity index (χ4v) is 1.00. The molecule has 74 valence electrons. The van der Waals surface area contributed by atoms with Gasteiger partial charge in [-0.2, -0.15) is 0 Å². The van der Waals surface area contributed by atoms with Gasteiger partial charge in [0.25, 0.3) is 0 Å². The highest BCUT2D eigenvalue weighted by Crippen LogP contribution is 2.04. The van der Waals surface area contributed by atoms with Crippen molar-refractivity contribution in [1.29, 1.82) is 0 Å². The lowest BCUT2D eigenvalue weighted by molar-refractivity contribution is -0.118. The standard InChI is InChI=1S/C8H15N3O2/c9-7(11-13)5-3-1-2-4-6-8(10)12/h9H,1-6H2,(H2,10,12)/p+1. The van der Waals surface area contributed by atoms with Crippen molar-refractivity contribution in [2.75, 3.05) is 0 Å². The number of hydrogen-bond donors (Lipinski definition) is 2. The van der Waals surface area contributed by atoms with Crippen molar-refractivity contribution >= 4 is 11.7 Å². The Bertz CT molecular complexity index is 209. The van der Waals surface area contributed by atoms with Crippen molar-refractivity contribution in [3.8, 4) is 0 Å². The zero-order valence-corrected chi connectivity index (χ0v) is 7.66. The predicted octanol–water partition coefficient (Wildman–Crippen LogP) is 0.00310. The minimum atomic E-state index is -0.263. The first-order chi connectivity index (χ1) is 6.16. The molecule has 0 aliphatic rings. The Morgan fingerprint density at radius 3 is 2.00 bits per heavy atom. The highest BCUT2D eigenvalue weighted by atomic mass is 16.2. The summed E-state index contributed by atoms with van der Waals surface area (Å²) in [6.07, 6.45) is 4.52. The van der Waals surface area contributed by atoms with Crippen LogP contribution in [-0.4, -0.2) is 11.7 Å². The van der Waals surface area contributed by atoms with Crippen molar-refractivity contribution in [3.63, 3.8) is 0 Å². The third-order valence-corrected chi connectivity index (χ3v) is 1.72. The monoisotopic (exact) mass is 186 g/mol. The summed E-state index contributed by atoms with van der Waals surface area (Å²) in [5, 5.41) is 0. The molecule has 0 saturated heterocycles. The molecule has 0 radical (unpaired) electrons. The van der Waals surface area contributed by atoms with E-state index in [1.165, 1.54) is 0 Å². The molecule has 0 rings (SSSR count). The Balaban J connectivity index is 3.17. The Morgan fingerprint density at radius 1 is 1.00 bits per heavy atom. The van der Waals surface area contributed by atoms with Gasteiger partial charge >= 0.3 is 5.84 Å². The van der Waals surface area contributed by atoms with Crippen molar-refractivity contribution in [3.05, 3.63) is 4.91 Å². The van der Waals surface area contributed by atoms with Crippen LogP contribution in [0.3, 0.4) is 0 Å². The number of hydrogen-bond acceptors (Lipinski definition) is 2. The van der Waals surface area contributed by atoms with Crippen LogP contribution in [0, 0.1) is 4.91 Å². The lowest BCUT2D eigenvalue weighted by atomic mass is 10.1. The van der Waals surface area contributed by atoms with E-state index in [0.29, 0.717) is 12.8 Å². The number of carbonyl (C=O) groups is 1. The van der Waals surface area contributed by atoms with Gasteiger partial charge in [0.05, 0.1) is 11.3 Å². The van der Waals surface area contributed by atoms with Gasteiger partial charge in [0.15, 0.2) is 0 Å². The van der Waals surface area contributed by atoms with Crippen molar-refractivity contribution in [2.24, 2.45) is 11.5 Å². The Labute approximate surface area is 77.2 Å². The molecule has 0 aliphatic heterocycles. The van der Waals surface area contributed by atoms with Crippen LogP contribution in [0.2, 0.25) is 0 Å². The van der Waals surface area contributed by atoms with E-state index >= 15 is 0 Å². The van der Waals surface area contributed by atoms with Crippen LogP contribution in [0.25, 0.3) is 0 Å². The van der Waals surface area contributed by atoms with Crippen LogP contribution < -0.4 is 16.3 Å². The van der Waals surface area contributed by atoms with E-state index in [1.54, 1.807) is 0 Å². The molecule has 0 heterocycles. The minimum Gasteiger partial charge on any atom is -0.370 e. The molecule has 0 spiro atoms.